The molecule has 27 heavy (non-hydrogen) atoms. The predicted molar refractivity (Wildman–Crippen MR) is 109 cm³/mol. The molecule has 4 rings (SSSR count). The third-order valence-corrected chi connectivity index (χ3v) is 7.47. The SMILES string of the molecule is C[C@@H](c1ccc(S(N)(=O)=O)cc1)N(C)c1ncnc2sc3c(c12)CCCC3. The fourth-order valence-electron chi connectivity index (χ4n) is 3.68. The highest BCUT2D eigenvalue weighted by Gasteiger charge is 2.23. The molecule has 1 aliphatic carbocycles. The van der Waals surface area contributed by atoms with Crippen molar-refractivity contribution in [2.75, 3.05) is 11.9 Å². The second-order valence-electron chi connectivity index (χ2n) is 6.99. The van der Waals surface area contributed by atoms with E-state index in [2.05, 4.69) is 21.8 Å². The zero-order valence-electron chi connectivity index (χ0n) is 15.3. The second kappa shape index (κ2) is 6.85. The van der Waals surface area contributed by atoms with Crippen LogP contribution in [-0.4, -0.2) is 25.4 Å². The van der Waals surface area contributed by atoms with E-state index in [1.54, 1.807) is 29.8 Å². The van der Waals surface area contributed by atoms with Crippen molar-refractivity contribution >= 4 is 37.4 Å². The van der Waals surface area contributed by atoms with E-state index < -0.39 is 10.0 Å². The summed E-state index contributed by atoms with van der Waals surface area (Å²) in [6.07, 6.45) is 6.30. The van der Waals surface area contributed by atoms with E-state index in [1.165, 1.54) is 28.7 Å². The van der Waals surface area contributed by atoms with E-state index in [9.17, 15) is 8.42 Å². The lowest BCUT2D eigenvalue weighted by Crippen LogP contribution is -2.23. The van der Waals surface area contributed by atoms with Crippen molar-refractivity contribution in [2.45, 2.75) is 43.5 Å². The maximum atomic E-state index is 11.5. The number of fused-ring (bicyclic) bond motifs is 3. The normalized spacial score (nSPS) is 15.5. The smallest absolute Gasteiger partial charge is 0.238 e. The van der Waals surface area contributed by atoms with Crippen molar-refractivity contribution in [3.8, 4) is 0 Å². The van der Waals surface area contributed by atoms with Crippen LogP contribution in [0.15, 0.2) is 35.5 Å². The molecule has 8 heteroatoms. The molecule has 0 radical (unpaired) electrons. The second-order valence-corrected chi connectivity index (χ2v) is 9.63. The van der Waals surface area contributed by atoms with Crippen LogP contribution in [0.5, 0.6) is 0 Å². The lowest BCUT2D eigenvalue weighted by molar-refractivity contribution is 0.597. The standard InChI is InChI=1S/C19H22N4O2S2/c1-12(13-7-9-14(10-8-13)27(20,24)25)23(2)18-17-15-5-3-4-6-16(15)26-19(17)22-11-21-18/h7-12H,3-6H2,1-2H3,(H2,20,24,25)/t12-/m0/s1. The van der Waals surface area contributed by atoms with Crippen molar-refractivity contribution in [3.63, 3.8) is 0 Å². The number of rotatable bonds is 4. The van der Waals surface area contributed by atoms with Crippen LogP contribution < -0.4 is 10.0 Å². The number of nitrogens with two attached hydrogens (primary N) is 1. The Morgan fingerprint density at radius 3 is 2.56 bits per heavy atom. The van der Waals surface area contributed by atoms with Gasteiger partial charge in [0.15, 0.2) is 0 Å². The molecule has 0 fully saturated rings. The first kappa shape index (κ1) is 18.3. The van der Waals surface area contributed by atoms with Gasteiger partial charge in [0, 0.05) is 11.9 Å². The molecule has 0 saturated heterocycles. The number of benzene rings is 1. The maximum Gasteiger partial charge on any atom is 0.238 e. The molecule has 1 aromatic carbocycles. The van der Waals surface area contributed by atoms with Crippen molar-refractivity contribution in [1.29, 1.82) is 0 Å². The van der Waals surface area contributed by atoms with Gasteiger partial charge in [-0.1, -0.05) is 12.1 Å². The number of sulfonamides is 1. The molecule has 2 heterocycles. The molecule has 0 bridgehead atoms. The van der Waals surface area contributed by atoms with Crippen LogP contribution >= 0.6 is 11.3 Å². The minimum Gasteiger partial charge on any atom is -0.352 e. The minimum atomic E-state index is -3.68. The molecule has 2 N–H and O–H groups in total. The summed E-state index contributed by atoms with van der Waals surface area (Å²) in [5.74, 6) is 0.933. The summed E-state index contributed by atoms with van der Waals surface area (Å²) in [7, 11) is -1.66. The average Bonchev–Trinajstić information content (AvgIpc) is 3.05. The van der Waals surface area contributed by atoms with Crippen LogP contribution in [0.2, 0.25) is 0 Å². The Bertz CT molecular complexity index is 1090. The molecule has 3 aromatic rings. The number of primary sulfonamides is 1. The topological polar surface area (TPSA) is 89.2 Å². The third-order valence-electron chi connectivity index (χ3n) is 5.34. The van der Waals surface area contributed by atoms with Gasteiger partial charge in [0.05, 0.1) is 16.3 Å². The number of hydrogen-bond acceptors (Lipinski definition) is 6. The average molecular weight is 403 g/mol. The largest absolute Gasteiger partial charge is 0.352 e. The molecule has 0 saturated carbocycles. The van der Waals surface area contributed by atoms with Gasteiger partial charge in [-0.2, -0.15) is 0 Å². The monoisotopic (exact) mass is 402 g/mol. The van der Waals surface area contributed by atoms with Gasteiger partial charge in [0.2, 0.25) is 10.0 Å². The lowest BCUT2D eigenvalue weighted by atomic mass is 9.96. The van der Waals surface area contributed by atoms with Crippen molar-refractivity contribution in [3.05, 3.63) is 46.6 Å². The molecule has 1 atom stereocenters. The first-order chi connectivity index (χ1) is 12.9. The Hall–Kier alpha value is -2.03. The molecule has 6 nitrogen and oxygen atoms in total. The number of nitrogens with zero attached hydrogens (tertiary/aromatic N) is 3. The molecule has 1 aliphatic rings. The molecular weight excluding hydrogens is 380 g/mol. The molecular formula is C19H22N4O2S2. The lowest BCUT2D eigenvalue weighted by Gasteiger charge is -2.27. The Morgan fingerprint density at radius 1 is 1.15 bits per heavy atom. The van der Waals surface area contributed by atoms with Gasteiger partial charge >= 0.3 is 0 Å². The van der Waals surface area contributed by atoms with Crippen LogP contribution in [0.25, 0.3) is 10.2 Å². The van der Waals surface area contributed by atoms with Gasteiger partial charge in [-0.3, -0.25) is 0 Å². The zero-order chi connectivity index (χ0) is 19.2. The van der Waals surface area contributed by atoms with Crippen LogP contribution in [0, 0.1) is 0 Å². The van der Waals surface area contributed by atoms with Gasteiger partial charge in [0.1, 0.15) is 17.0 Å². The Balaban J connectivity index is 1.72. The van der Waals surface area contributed by atoms with E-state index in [-0.39, 0.29) is 10.9 Å². The fraction of sp³-hybridized carbons (Fsp3) is 0.368. The quantitative estimate of drug-likeness (QED) is 0.722. The van der Waals surface area contributed by atoms with Crippen LogP contribution in [0.4, 0.5) is 5.82 Å². The summed E-state index contributed by atoms with van der Waals surface area (Å²) in [5, 5.41) is 6.37. The fourth-order valence-corrected chi connectivity index (χ4v) is 5.42. The zero-order valence-corrected chi connectivity index (χ0v) is 17.0. The van der Waals surface area contributed by atoms with Crippen LogP contribution in [0.1, 0.15) is 41.8 Å². The summed E-state index contributed by atoms with van der Waals surface area (Å²) in [5.41, 5.74) is 2.40. The predicted octanol–water partition coefficient (Wildman–Crippen LogP) is 3.41. The van der Waals surface area contributed by atoms with Gasteiger partial charge in [-0.25, -0.2) is 23.5 Å². The Morgan fingerprint density at radius 2 is 1.85 bits per heavy atom. The highest BCUT2D eigenvalue weighted by molar-refractivity contribution is 7.89. The van der Waals surface area contributed by atoms with E-state index in [0.717, 1.165) is 29.1 Å². The van der Waals surface area contributed by atoms with E-state index in [4.69, 9.17) is 5.14 Å². The highest BCUT2D eigenvalue weighted by atomic mass is 32.2. The minimum absolute atomic E-state index is 0.0248. The van der Waals surface area contributed by atoms with Gasteiger partial charge < -0.3 is 4.90 Å². The first-order valence-corrected chi connectivity index (χ1v) is 11.3. The molecule has 2 aromatic heterocycles. The van der Waals surface area contributed by atoms with E-state index >= 15 is 0 Å². The Labute approximate surface area is 163 Å². The Kier molecular flexibility index (Phi) is 4.65. The van der Waals surface area contributed by atoms with Crippen LogP contribution in [0.3, 0.4) is 0 Å². The molecule has 0 aliphatic heterocycles. The first-order valence-electron chi connectivity index (χ1n) is 8.97. The van der Waals surface area contributed by atoms with E-state index in [0.29, 0.717) is 0 Å². The van der Waals surface area contributed by atoms with Crippen molar-refractivity contribution < 1.29 is 8.42 Å². The molecule has 0 unspecified atom stereocenters. The van der Waals surface area contributed by atoms with E-state index in [1.807, 2.05) is 19.2 Å². The molecule has 0 spiro atoms. The summed E-state index contributed by atoms with van der Waals surface area (Å²) in [4.78, 5) is 13.8. The summed E-state index contributed by atoms with van der Waals surface area (Å²) in [6, 6.07) is 6.75. The number of aryl methyl sites for hydroxylation is 2. The van der Waals surface area contributed by atoms with Gasteiger partial charge in [0.25, 0.3) is 0 Å². The molecule has 142 valence electrons. The molecule has 0 amide bonds. The van der Waals surface area contributed by atoms with Crippen LogP contribution in [-0.2, 0) is 22.9 Å². The third kappa shape index (κ3) is 3.33. The summed E-state index contributed by atoms with van der Waals surface area (Å²) in [6.45, 7) is 2.08. The van der Waals surface area contributed by atoms with Crippen molar-refractivity contribution in [1.82, 2.24) is 9.97 Å². The highest BCUT2D eigenvalue weighted by Crippen LogP contribution is 2.40. The van der Waals surface area contributed by atoms with Crippen molar-refractivity contribution in [2.24, 2.45) is 5.14 Å². The maximum absolute atomic E-state index is 11.5. The summed E-state index contributed by atoms with van der Waals surface area (Å²) >= 11 is 1.79. The number of aromatic nitrogens is 2. The number of hydrogen-bond donors (Lipinski definition) is 1. The van der Waals surface area contributed by atoms with Gasteiger partial charge in [-0.15, -0.1) is 11.3 Å². The number of anilines is 1. The number of thiophene rings is 1. The van der Waals surface area contributed by atoms with Gasteiger partial charge in [-0.05, 0) is 55.9 Å². The summed E-state index contributed by atoms with van der Waals surface area (Å²) < 4.78 is 22.9.